The van der Waals surface area contributed by atoms with Crippen LogP contribution in [-0.4, -0.2) is 75.9 Å². The summed E-state index contributed by atoms with van der Waals surface area (Å²) in [5.74, 6) is -0.0463. The summed E-state index contributed by atoms with van der Waals surface area (Å²) in [4.78, 5) is 15.1. The Morgan fingerprint density at radius 1 is 1.11 bits per heavy atom. The topological polar surface area (TPSA) is 81.8 Å². The molecule has 0 atom stereocenters. The van der Waals surface area contributed by atoms with E-state index in [9.17, 15) is 13.2 Å². The molecule has 7 nitrogen and oxygen atoms in total. The summed E-state index contributed by atoms with van der Waals surface area (Å²) in [7, 11) is -3.47. The molecule has 2 aliphatic heterocycles. The Morgan fingerprint density at radius 2 is 1.74 bits per heavy atom. The van der Waals surface area contributed by atoms with Gasteiger partial charge in [-0.2, -0.15) is 4.31 Å². The number of sulfonamides is 1. The summed E-state index contributed by atoms with van der Waals surface area (Å²) in [5, 5.41) is 6.34. The number of hydrogen-bond donors (Lipinski definition) is 2. The van der Waals surface area contributed by atoms with Crippen LogP contribution < -0.4 is 10.6 Å². The molecule has 8 heteroatoms. The highest BCUT2D eigenvalue weighted by Crippen LogP contribution is 2.24. The van der Waals surface area contributed by atoms with Crippen LogP contribution in [0.25, 0.3) is 0 Å². The second kappa shape index (κ2) is 9.14. The molecule has 0 radical (unpaired) electrons. The molecular weight excluding hydrogens is 364 g/mol. The maximum absolute atomic E-state index is 12.7. The molecular formula is C19H30N4O3S. The number of hydrogen-bond acceptors (Lipinski definition) is 5. The monoisotopic (exact) mass is 394 g/mol. The zero-order valence-electron chi connectivity index (χ0n) is 16.0. The maximum atomic E-state index is 12.7. The second-order valence-electron chi connectivity index (χ2n) is 7.37. The van der Waals surface area contributed by atoms with E-state index >= 15 is 0 Å². The summed E-state index contributed by atoms with van der Waals surface area (Å²) in [5.41, 5.74) is 1.03. The Kier molecular flexibility index (Phi) is 6.86. The number of aryl methyl sites for hydroxylation is 1. The summed E-state index contributed by atoms with van der Waals surface area (Å²) >= 11 is 0. The van der Waals surface area contributed by atoms with Crippen molar-refractivity contribution in [3.05, 3.63) is 29.8 Å². The molecule has 0 aliphatic carbocycles. The maximum Gasteiger partial charge on any atom is 0.243 e. The Balaban J connectivity index is 1.45. The standard InChI is InChI=1S/C19H30N4O3S/c1-16-2-4-18(5-3-16)27(25,26)23-11-6-17(7-12-23)19(24)21-10-15-22-13-8-20-9-14-22/h2-5,17,20H,6-15H2,1H3,(H,21,24). The third-order valence-corrected chi connectivity index (χ3v) is 7.33. The summed E-state index contributed by atoms with van der Waals surface area (Å²) < 4.78 is 27.0. The molecule has 2 heterocycles. The van der Waals surface area contributed by atoms with Gasteiger partial charge in [0.05, 0.1) is 4.90 Å². The number of nitrogens with one attached hydrogen (secondary N) is 2. The van der Waals surface area contributed by atoms with E-state index in [1.165, 1.54) is 4.31 Å². The number of carbonyl (C=O) groups is 1. The quantitative estimate of drug-likeness (QED) is 0.731. The summed E-state index contributed by atoms with van der Waals surface area (Å²) in [6.07, 6.45) is 1.15. The van der Waals surface area contributed by atoms with Gasteiger partial charge in [-0.1, -0.05) is 17.7 Å². The number of nitrogens with zero attached hydrogens (tertiary/aromatic N) is 2. The lowest BCUT2D eigenvalue weighted by Crippen LogP contribution is -2.47. The van der Waals surface area contributed by atoms with Gasteiger partial charge in [-0.05, 0) is 31.9 Å². The molecule has 1 aromatic rings. The van der Waals surface area contributed by atoms with Crippen LogP contribution in [0, 0.1) is 12.8 Å². The minimum atomic E-state index is -3.47. The Labute approximate surface area is 162 Å². The highest BCUT2D eigenvalue weighted by atomic mass is 32.2. The normalized spacial score (nSPS) is 20.5. The van der Waals surface area contributed by atoms with Gasteiger partial charge in [-0.25, -0.2) is 8.42 Å². The van der Waals surface area contributed by atoms with Gasteiger partial charge in [-0.15, -0.1) is 0 Å². The van der Waals surface area contributed by atoms with Crippen molar-refractivity contribution in [2.24, 2.45) is 5.92 Å². The van der Waals surface area contributed by atoms with Crippen LogP contribution in [0.2, 0.25) is 0 Å². The number of piperazine rings is 1. The van der Waals surface area contributed by atoms with E-state index in [1.807, 2.05) is 19.1 Å². The van der Waals surface area contributed by atoms with Crippen molar-refractivity contribution in [2.45, 2.75) is 24.7 Å². The van der Waals surface area contributed by atoms with Crippen LogP contribution in [0.4, 0.5) is 0 Å². The fourth-order valence-electron chi connectivity index (χ4n) is 3.63. The fraction of sp³-hybridized carbons (Fsp3) is 0.632. The molecule has 27 heavy (non-hydrogen) atoms. The summed E-state index contributed by atoms with van der Waals surface area (Å²) in [6.45, 7) is 8.29. The lowest BCUT2D eigenvalue weighted by molar-refractivity contribution is -0.126. The first-order valence-corrected chi connectivity index (χ1v) is 11.2. The van der Waals surface area contributed by atoms with E-state index in [1.54, 1.807) is 12.1 Å². The van der Waals surface area contributed by atoms with Crippen LogP contribution in [-0.2, 0) is 14.8 Å². The molecule has 2 saturated heterocycles. The first kappa shape index (κ1) is 20.3. The van der Waals surface area contributed by atoms with Gasteiger partial charge in [0.2, 0.25) is 15.9 Å². The van der Waals surface area contributed by atoms with Crippen LogP contribution >= 0.6 is 0 Å². The lowest BCUT2D eigenvalue weighted by atomic mass is 9.97. The molecule has 1 amide bonds. The van der Waals surface area contributed by atoms with E-state index in [2.05, 4.69) is 15.5 Å². The SMILES string of the molecule is Cc1ccc(S(=O)(=O)N2CCC(C(=O)NCCN3CCNCC3)CC2)cc1. The first-order chi connectivity index (χ1) is 13.0. The van der Waals surface area contributed by atoms with Gasteiger partial charge in [0.1, 0.15) is 0 Å². The van der Waals surface area contributed by atoms with Crippen molar-refractivity contribution < 1.29 is 13.2 Å². The molecule has 1 aromatic carbocycles. The van der Waals surface area contributed by atoms with Crippen molar-refractivity contribution in [3.63, 3.8) is 0 Å². The zero-order chi connectivity index (χ0) is 19.3. The molecule has 2 N–H and O–H groups in total. The van der Waals surface area contributed by atoms with Crippen molar-refractivity contribution in [1.29, 1.82) is 0 Å². The number of carbonyl (C=O) groups excluding carboxylic acids is 1. The van der Waals surface area contributed by atoms with E-state index < -0.39 is 10.0 Å². The van der Waals surface area contributed by atoms with E-state index in [0.717, 1.165) is 38.3 Å². The molecule has 150 valence electrons. The Bertz CT molecular complexity index is 722. The summed E-state index contributed by atoms with van der Waals surface area (Å²) in [6, 6.07) is 6.93. The molecule has 2 aliphatic rings. The Hall–Kier alpha value is -1.48. The van der Waals surface area contributed by atoms with Gasteiger partial charge < -0.3 is 10.6 Å². The van der Waals surface area contributed by atoms with Crippen molar-refractivity contribution in [3.8, 4) is 0 Å². The van der Waals surface area contributed by atoms with Gasteiger partial charge in [0.25, 0.3) is 0 Å². The second-order valence-corrected chi connectivity index (χ2v) is 9.31. The third-order valence-electron chi connectivity index (χ3n) is 5.42. The van der Waals surface area contributed by atoms with Crippen molar-refractivity contribution in [2.75, 3.05) is 52.4 Å². The lowest BCUT2D eigenvalue weighted by Gasteiger charge is -2.31. The van der Waals surface area contributed by atoms with E-state index in [0.29, 0.717) is 37.4 Å². The highest BCUT2D eigenvalue weighted by molar-refractivity contribution is 7.89. The van der Waals surface area contributed by atoms with Crippen molar-refractivity contribution in [1.82, 2.24) is 19.8 Å². The average molecular weight is 395 g/mol. The molecule has 0 bridgehead atoms. The largest absolute Gasteiger partial charge is 0.355 e. The molecule has 0 aromatic heterocycles. The average Bonchev–Trinajstić information content (AvgIpc) is 2.69. The third kappa shape index (κ3) is 5.28. The predicted octanol–water partition coefficient (Wildman–Crippen LogP) is 0.417. The van der Waals surface area contributed by atoms with Crippen LogP contribution in [0.5, 0.6) is 0 Å². The molecule has 3 rings (SSSR count). The zero-order valence-corrected chi connectivity index (χ0v) is 16.8. The number of piperidine rings is 1. The molecule has 2 fully saturated rings. The Morgan fingerprint density at radius 3 is 2.37 bits per heavy atom. The highest BCUT2D eigenvalue weighted by Gasteiger charge is 2.31. The van der Waals surface area contributed by atoms with E-state index in [4.69, 9.17) is 0 Å². The molecule has 0 spiro atoms. The van der Waals surface area contributed by atoms with Gasteiger partial charge in [0.15, 0.2) is 0 Å². The minimum absolute atomic E-state index is 0.0533. The molecule has 0 saturated carbocycles. The number of rotatable bonds is 6. The number of amides is 1. The van der Waals surface area contributed by atoms with Crippen molar-refractivity contribution >= 4 is 15.9 Å². The van der Waals surface area contributed by atoms with Crippen LogP contribution in [0.15, 0.2) is 29.2 Å². The molecule has 0 unspecified atom stereocenters. The number of benzene rings is 1. The van der Waals surface area contributed by atoms with E-state index in [-0.39, 0.29) is 11.8 Å². The van der Waals surface area contributed by atoms with Crippen LogP contribution in [0.1, 0.15) is 18.4 Å². The minimum Gasteiger partial charge on any atom is -0.355 e. The van der Waals surface area contributed by atoms with Gasteiger partial charge in [0, 0.05) is 58.3 Å². The van der Waals surface area contributed by atoms with Crippen LogP contribution in [0.3, 0.4) is 0 Å². The fourth-order valence-corrected chi connectivity index (χ4v) is 5.10. The first-order valence-electron chi connectivity index (χ1n) is 9.74. The smallest absolute Gasteiger partial charge is 0.243 e. The van der Waals surface area contributed by atoms with Gasteiger partial charge >= 0.3 is 0 Å². The van der Waals surface area contributed by atoms with Gasteiger partial charge in [-0.3, -0.25) is 9.69 Å². The predicted molar refractivity (Wildman–Crippen MR) is 105 cm³/mol.